The van der Waals surface area contributed by atoms with Gasteiger partial charge in [-0.05, 0) is 107 Å². The topological polar surface area (TPSA) is 15.3 Å². The van der Waals surface area contributed by atoms with E-state index < -0.39 is 0 Å². The summed E-state index contributed by atoms with van der Waals surface area (Å²) >= 11 is 0. The van der Waals surface area contributed by atoms with Gasteiger partial charge < -0.3 is 10.2 Å². The molecule has 8 aromatic rings. The van der Waals surface area contributed by atoms with Gasteiger partial charge >= 0.3 is 0 Å². The molecule has 0 saturated carbocycles. The highest BCUT2D eigenvalue weighted by Gasteiger charge is 2.36. The minimum Gasteiger partial charge on any atom is -0.356 e. The van der Waals surface area contributed by atoms with Gasteiger partial charge in [-0.25, -0.2) is 0 Å². The summed E-state index contributed by atoms with van der Waals surface area (Å²) in [6.07, 6.45) is 0. The molecule has 0 unspecified atom stereocenters. The van der Waals surface area contributed by atoms with Crippen molar-refractivity contribution in [2.75, 3.05) is 10.2 Å². The lowest BCUT2D eigenvalue weighted by Crippen LogP contribution is -2.48. The zero-order valence-corrected chi connectivity index (χ0v) is 28.8. The summed E-state index contributed by atoms with van der Waals surface area (Å²) in [7, 11) is 0. The van der Waals surface area contributed by atoms with E-state index in [1.807, 2.05) is 0 Å². The van der Waals surface area contributed by atoms with E-state index in [0.29, 0.717) is 0 Å². The second-order valence-electron chi connectivity index (χ2n) is 13.5. The molecule has 8 aromatic carbocycles. The third kappa shape index (κ3) is 5.48. The van der Waals surface area contributed by atoms with Crippen molar-refractivity contribution < 1.29 is 0 Å². The average molecular weight is 653 g/mol. The smallest absolute Gasteiger partial charge is 0.242 e. The summed E-state index contributed by atoms with van der Waals surface area (Å²) in [5.74, 6) is 0. The minimum absolute atomic E-state index is 0.145. The van der Waals surface area contributed by atoms with Crippen molar-refractivity contribution in [1.29, 1.82) is 0 Å². The molecular formula is C48H37BN2. The maximum Gasteiger partial charge on any atom is 0.242 e. The van der Waals surface area contributed by atoms with E-state index in [4.69, 9.17) is 0 Å². The summed E-state index contributed by atoms with van der Waals surface area (Å²) in [6.45, 7) is 4.67. The molecule has 0 aromatic heterocycles. The van der Waals surface area contributed by atoms with Gasteiger partial charge in [0.15, 0.2) is 0 Å². The predicted molar refractivity (Wildman–Crippen MR) is 220 cm³/mol. The maximum atomic E-state index is 3.68. The number of hydrogen-bond acceptors (Lipinski definition) is 2. The third-order valence-electron chi connectivity index (χ3n) is 10.3. The number of hydrogen-bond donors (Lipinski definition) is 1. The lowest BCUT2D eigenvalue weighted by atomic mass is 9.39. The van der Waals surface area contributed by atoms with Crippen molar-refractivity contribution >= 4 is 62.3 Å². The molecule has 0 radical (unpaired) electrons. The molecule has 2 nitrogen and oxygen atoms in total. The van der Waals surface area contributed by atoms with Crippen LogP contribution < -0.4 is 26.6 Å². The van der Waals surface area contributed by atoms with E-state index in [1.165, 1.54) is 66.2 Å². The highest BCUT2D eigenvalue weighted by atomic mass is 15.1. The van der Waals surface area contributed by atoms with Crippen molar-refractivity contribution in [2.24, 2.45) is 0 Å². The standard InChI is InChI=1S/C48H37BN2/c1-33-31-40(51(39-22-10-5-11-23-39)46-27-14-17-35-16-12-13-24-42(35)46)28-29-41(33)43-25-15-26-44-48(43)47-34(2)30-38(50-37-20-8-4-9-21-37)32-45(47)49(44)36-18-6-3-7-19-36/h3-32,50H,1-2H3. The second-order valence-corrected chi connectivity index (χ2v) is 13.5. The number of fused-ring (bicyclic) bond motifs is 4. The van der Waals surface area contributed by atoms with E-state index in [2.05, 4.69) is 206 Å². The lowest BCUT2D eigenvalue weighted by Gasteiger charge is -2.27. The highest BCUT2D eigenvalue weighted by Crippen LogP contribution is 2.42. The van der Waals surface area contributed by atoms with Crippen LogP contribution in [0.2, 0.25) is 0 Å². The van der Waals surface area contributed by atoms with Crippen LogP contribution in [0, 0.1) is 13.8 Å². The summed E-state index contributed by atoms with van der Waals surface area (Å²) in [4.78, 5) is 2.39. The predicted octanol–water partition coefficient (Wildman–Crippen LogP) is 10.8. The van der Waals surface area contributed by atoms with E-state index in [9.17, 15) is 0 Å². The first-order valence-corrected chi connectivity index (χ1v) is 17.7. The SMILES string of the molecule is Cc1cc(N(c2ccccc2)c2cccc3ccccc23)ccc1-c1cccc2c1-c1c(C)cc(Nc3ccccc3)cc1B2c1ccccc1. The first kappa shape index (κ1) is 30.7. The number of nitrogens with one attached hydrogen (secondary N) is 1. The van der Waals surface area contributed by atoms with Gasteiger partial charge in [0.2, 0.25) is 6.71 Å². The maximum absolute atomic E-state index is 3.68. The quantitative estimate of drug-likeness (QED) is 0.172. The molecule has 51 heavy (non-hydrogen) atoms. The second kappa shape index (κ2) is 12.9. The van der Waals surface area contributed by atoms with Crippen LogP contribution in [-0.2, 0) is 0 Å². The Labute approximate surface area is 300 Å². The molecule has 0 saturated heterocycles. The van der Waals surface area contributed by atoms with Crippen LogP contribution in [-0.4, -0.2) is 6.71 Å². The van der Waals surface area contributed by atoms with Gasteiger partial charge in [0.25, 0.3) is 0 Å². The van der Waals surface area contributed by atoms with Crippen molar-refractivity contribution in [3.05, 3.63) is 193 Å². The van der Waals surface area contributed by atoms with Crippen LogP contribution in [0.4, 0.5) is 28.4 Å². The molecule has 0 bridgehead atoms. The van der Waals surface area contributed by atoms with Crippen LogP contribution in [0.5, 0.6) is 0 Å². The Bertz CT molecular complexity index is 2520. The largest absolute Gasteiger partial charge is 0.356 e. The number of para-hydroxylation sites is 2. The lowest BCUT2D eigenvalue weighted by molar-refractivity contribution is 1.28. The molecule has 1 aliphatic rings. The van der Waals surface area contributed by atoms with Gasteiger partial charge in [0.05, 0.1) is 5.69 Å². The van der Waals surface area contributed by atoms with Gasteiger partial charge in [0, 0.05) is 28.1 Å². The Morgan fingerprint density at radius 3 is 1.92 bits per heavy atom. The Balaban J connectivity index is 1.20. The molecule has 0 fully saturated rings. The molecule has 9 rings (SSSR count). The van der Waals surface area contributed by atoms with Gasteiger partial charge in [-0.3, -0.25) is 0 Å². The Kier molecular flexibility index (Phi) is 7.74. The van der Waals surface area contributed by atoms with Crippen LogP contribution in [0.25, 0.3) is 33.0 Å². The summed E-state index contributed by atoms with van der Waals surface area (Å²) in [5.41, 5.74) is 17.4. The first-order valence-electron chi connectivity index (χ1n) is 17.7. The van der Waals surface area contributed by atoms with Crippen LogP contribution in [0.15, 0.2) is 182 Å². The zero-order valence-electron chi connectivity index (χ0n) is 28.8. The Morgan fingerprint density at radius 1 is 0.451 bits per heavy atom. The van der Waals surface area contributed by atoms with E-state index in [-0.39, 0.29) is 6.71 Å². The fourth-order valence-corrected chi connectivity index (χ4v) is 8.13. The van der Waals surface area contributed by atoms with Crippen molar-refractivity contribution in [1.82, 2.24) is 0 Å². The van der Waals surface area contributed by atoms with Crippen molar-refractivity contribution in [3.8, 4) is 22.3 Å². The van der Waals surface area contributed by atoms with Crippen LogP contribution >= 0.6 is 0 Å². The first-order chi connectivity index (χ1) is 25.1. The number of aryl methyl sites for hydroxylation is 2. The van der Waals surface area contributed by atoms with Gasteiger partial charge in [0.1, 0.15) is 0 Å². The normalized spacial score (nSPS) is 11.7. The highest BCUT2D eigenvalue weighted by molar-refractivity contribution is 6.99. The van der Waals surface area contributed by atoms with Crippen LogP contribution in [0.3, 0.4) is 0 Å². The molecular weight excluding hydrogens is 615 g/mol. The van der Waals surface area contributed by atoms with Crippen molar-refractivity contribution in [3.63, 3.8) is 0 Å². The van der Waals surface area contributed by atoms with E-state index in [1.54, 1.807) is 0 Å². The molecule has 0 amide bonds. The molecule has 0 atom stereocenters. The fraction of sp³-hybridized carbons (Fsp3) is 0.0417. The van der Waals surface area contributed by atoms with Gasteiger partial charge in [-0.1, -0.05) is 144 Å². The van der Waals surface area contributed by atoms with E-state index >= 15 is 0 Å². The molecule has 0 spiro atoms. The van der Waals surface area contributed by atoms with Gasteiger partial charge in [-0.2, -0.15) is 0 Å². The summed E-state index contributed by atoms with van der Waals surface area (Å²) in [6, 6.07) is 65.9. The molecule has 3 heteroatoms. The molecule has 0 aliphatic carbocycles. The van der Waals surface area contributed by atoms with Crippen LogP contribution in [0.1, 0.15) is 11.1 Å². The third-order valence-corrected chi connectivity index (χ3v) is 10.3. The monoisotopic (exact) mass is 652 g/mol. The zero-order chi connectivity index (χ0) is 34.3. The minimum atomic E-state index is 0.145. The Morgan fingerprint density at radius 2 is 1.14 bits per heavy atom. The molecule has 1 heterocycles. The number of benzene rings is 8. The molecule has 1 aliphatic heterocycles. The van der Waals surface area contributed by atoms with Crippen molar-refractivity contribution in [2.45, 2.75) is 13.8 Å². The average Bonchev–Trinajstić information content (AvgIpc) is 3.51. The molecule has 1 N–H and O–H groups in total. The van der Waals surface area contributed by atoms with E-state index in [0.717, 1.165) is 22.7 Å². The summed E-state index contributed by atoms with van der Waals surface area (Å²) in [5, 5.41) is 6.14. The fourth-order valence-electron chi connectivity index (χ4n) is 8.13. The Hall–Kier alpha value is -6.32. The summed E-state index contributed by atoms with van der Waals surface area (Å²) < 4.78 is 0. The number of anilines is 5. The number of nitrogens with zero attached hydrogens (tertiary/aromatic N) is 1. The molecule has 242 valence electrons. The van der Waals surface area contributed by atoms with Gasteiger partial charge in [-0.15, -0.1) is 0 Å². The number of rotatable bonds is 7.